The second-order valence-corrected chi connectivity index (χ2v) is 4.65. The van der Waals surface area contributed by atoms with E-state index < -0.39 is 0 Å². The smallest absolute Gasteiger partial charge is 0.0162 e. The lowest BCUT2D eigenvalue weighted by Gasteiger charge is -2.17. The van der Waals surface area contributed by atoms with Crippen LogP contribution in [0.3, 0.4) is 0 Å². The highest BCUT2D eigenvalue weighted by Gasteiger charge is 2.10. The zero-order valence-corrected chi connectivity index (χ0v) is 9.88. The van der Waals surface area contributed by atoms with Gasteiger partial charge < -0.3 is 0 Å². The van der Waals surface area contributed by atoms with E-state index in [0.29, 0.717) is 0 Å². The summed E-state index contributed by atoms with van der Waals surface area (Å²) in [5, 5.41) is 0. The maximum atomic E-state index is 2.30. The molecule has 1 rings (SSSR count). The first-order valence-corrected chi connectivity index (χ1v) is 5.70. The molecule has 0 heteroatoms. The molecule has 1 atom stereocenters. The average Bonchev–Trinajstić information content (AvgIpc) is 2.15. The van der Waals surface area contributed by atoms with E-state index in [9.17, 15) is 0 Å². The van der Waals surface area contributed by atoms with E-state index in [4.69, 9.17) is 0 Å². The van der Waals surface area contributed by atoms with Crippen molar-refractivity contribution in [2.45, 2.75) is 46.5 Å². The Morgan fingerprint density at radius 3 is 2.07 bits per heavy atom. The van der Waals surface area contributed by atoms with Gasteiger partial charge in [0.15, 0.2) is 0 Å². The molecule has 1 unspecified atom stereocenters. The Morgan fingerprint density at radius 1 is 1.07 bits per heavy atom. The van der Waals surface area contributed by atoms with Gasteiger partial charge in [0.2, 0.25) is 0 Å². The van der Waals surface area contributed by atoms with Gasteiger partial charge in [-0.15, -0.1) is 0 Å². The normalized spacial score (nSPS) is 13.2. The van der Waals surface area contributed by atoms with Crippen LogP contribution in [0.2, 0.25) is 0 Å². The van der Waals surface area contributed by atoms with E-state index in [1.165, 1.54) is 24.0 Å². The lowest BCUT2D eigenvalue weighted by atomic mass is 9.88. The van der Waals surface area contributed by atoms with Gasteiger partial charge in [-0.1, -0.05) is 50.6 Å². The molecule has 0 aliphatic heterocycles. The van der Waals surface area contributed by atoms with Crippen LogP contribution < -0.4 is 0 Å². The van der Waals surface area contributed by atoms with Crippen molar-refractivity contribution in [3.8, 4) is 0 Å². The van der Waals surface area contributed by atoms with Crippen LogP contribution in [0.4, 0.5) is 0 Å². The molecule has 14 heavy (non-hydrogen) atoms. The predicted molar refractivity (Wildman–Crippen MR) is 63.7 cm³/mol. The first kappa shape index (κ1) is 11.3. The van der Waals surface area contributed by atoms with E-state index in [1.807, 2.05) is 0 Å². The van der Waals surface area contributed by atoms with Gasteiger partial charge in [-0.3, -0.25) is 0 Å². The molecule has 0 nitrogen and oxygen atoms in total. The van der Waals surface area contributed by atoms with E-state index >= 15 is 0 Å². The highest BCUT2D eigenvalue weighted by Crippen LogP contribution is 2.26. The Labute approximate surface area is 88.4 Å². The summed E-state index contributed by atoms with van der Waals surface area (Å²) in [5.74, 6) is 1.54. The van der Waals surface area contributed by atoms with Crippen molar-refractivity contribution in [3.05, 3.63) is 35.4 Å². The molecular weight excluding hydrogens is 168 g/mol. The molecule has 0 saturated carbocycles. The molecule has 0 amide bonds. The molecule has 1 aromatic carbocycles. The summed E-state index contributed by atoms with van der Waals surface area (Å²) in [5.41, 5.74) is 2.86. The van der Waals surface area contributed by atoms with Gasteiger partial charge in [0.05, 0.1) is 0 Å². The maximum absolute atomic E-state index is 2.30. The zero-order chi connectivity index (χ0) is 10.6. The molecule has 0 N–H and O–H groups in total. The first-order chi connectivity index (χ1) is 6.63. The minimum absolute atomic E-state index is 0.746. The van der Waals surface area contributed by atoms with Gasteiger partial charge in [-0.05, 0) is 37.2 Å². The average molecular weight is 190 g/mol. The van der Waals surface area contributed by atoms with Gasteiger partial charge in [-0.25, -0.2) is 0 Å². The van der Waals surface area contributed by atoms with Crippen molar-refractivity contribution in [3.63, 3.8) is 0 Å². The molecule has 0 fully saturated rings. The molecule has 78 valence electrons. The van der Waals surface area contributed by atoms with Crippen LogP contribution in [0.1, 0.15) is 50.7 Å². The third-order valence-electron chi connectivity index (χ3n) is 2.80. The van der Waals surface area contributed by atoms with Gasteiger partial charge in [0.25, 0.3) is 0 Å². The largest absolute Gasteiger partial charge is 0.0648 e. The van der Waals surface area contributed by atoms with Crippen LogP contribution in [0.5, 0.6) is 0 Å². The molecule has 1 aromatic rings. The molecule has 0 aliphatic rings. The summed E-state index contributed by atoms with van der Waals surface area (Å²) >= 11 is 0. The van der Waals surface area contributed by atoms with Gasteiger partial charge >= 0.3 is 0 Å². The van der Waals surface area contributed by atoms with Gasteiger partial charge in [0.1, 0.15) is 0 Å². The molecule has 0 radical (unpaired) electrons. The monoisotopic (exact) mass is 190 g/mol. The van der Waals surface area contributed by atoms with Gasteiger partial charge in [0, 0.05) is 0 Å². The Hall–Kier alpha value is -0.780. The molecule has 0 aliphatic carbocycles. The quantitative estimate of drug-likeness (QED) is 0.654. The third-order valence-corrected chi connectivity index (χ3v) is 2.80. The third kappa shape index (κ3) is 3.17. The lowest BCUT2D eigenvalue weighted by molar-refractivity contribution is 0.489. The number of hydrogen-bond acceptors (Lipinski definition) is 0. The minimum atomic E-state index is 0.746. The molecule has 0 bridgehead atoms. The van der Waals surface area contributed by atoms with Crippen LogP contribution in [-0.2, 0) is 0 Å². The van der Waals surface area contributed by atoms with E-state index in [0.717, 1.165) is 11.8 Å². The van der Waals surface area contributed by atoms with Crippen LogP contribution in [0.15, 0.2) is 24.3 Å². The molecule has 0 saturated heterocycles. The van der Waals surface area contributed by atoms with Crippen molar-refractivity contribution >= 4 is 0 Å². The SMILES string of the molecule is CCC(CC(C)C)c1ccc(C)cc1. The summed E-state index contributed by atoms with van der Waals surface area (Å²) in [6, 6.07) is 9.01. The van der Waals surface area contributed by atoms with E-state index in [-0.39, 0.29) is 0 Å². The predicted octanol–water partition coefficient (Wildman–Crippen LogP) is 4.53. The summed E-state index contributed by atoms with van der Waals surface area (Å²) in [4.78, 5) is 0. The van der Waals surface area contributed by atoms with Crippen molar-refractivity contribution in [2.24, 2.45) is 5.92 Å². The zero-order valence-electron chi connectivity index (χ0n) is 9.88. The highest BCUT2D eigenvalue weighted by atomic mass is 14.2. The molecule has 0 aromatic heterocycles. The van der Waals surface area contributed by atoms with Crippen LogP contribution in [0, 0.1) is 12.8 Å². The Balaban J connectivity index is 2.73. The maximum Gasteiger partial charge on any atom is -0.0162 e. The summed E-state index contributed by atoms with van der Waals surface area (Å²) in [6.07, 6.45) is 2.56. The Kier molecular flexibility index (Phi) is 4.19. The van der Waals surface area contributed by atoms with E-state index in [2.05, 4.69) is 52.0 Å². The fourth-order valence-corrected chi connectivity index (χ4v) is 1.95. The fraction of sp³-hybridized carbons (Fsp3) is 0.571. The first-order valence-electron chi connectivity index (χ1n) is 5.70. The van der Waals surface area contributed by atoms with E-state index in [1.54, 1.807) is 0 Å². The number of aryl methyl sites for hydroxylation is 1. The van der Waals surface area contributed by atoms with Crippen molar-refractivity contribution in [2.75, 3.05) is 0 Å². The highest BCUT2D eigenvalue weighted by molar-refractivity contribution is 5.24. The summed E-state index contributed by atoms with van der Waals surface area (Å²) < 4.78 is 0. The molecule has 0 spiro atoms. The molecule has 0 heterocycles. The Morgan fingerprint density at radius 2 is 1.64 bits per heavy atom. The summed E-state index contributed by atoms with van der Waals surface area (Å²) in [7, 11) is 0. The molecular formula is C14H22. The number of benzene rings is 1. The van der Waals surface area contributed by atoms with Crippen LogP contribution in [-0.4, -0.2) is 0 Å². The Bertz CT molecular complexity index is 256. The van der Waals surface area contributed by atoms with Crippen molar-refractivity contribution in [1.82, 2.24) is 0 Å². The second kappa shape index (κ2) is 5.19. The van der Waals surface area contributed by atoms with Crippen LogP contribution >= 0.6 is 0 Å². The summed E-state index contributed by atoms with van der Waals surface area (Å²) in [6.45, 7) is 9.04. The fourth-order valence-electron chi connectivity index (χ4n) is 1.95. The number of rotatable bonds is 4. The minimum Gasteiger partial charge on any atom is -0.0648 e. The lowest BCUT2D eigenvalue weighted by Crippen LogP contribution is -2.01. The van der Waals surface area contributed by atoms with Crippen LogP contribution in [0.25, 0.3) is 0 Å². The second-order valence-electron chi connectivity index (χ2n) is 4.65. The van der Waals surface area contributed by atoms with Gasteiger partial charge in [-0.2, -0.15) is 0 Å². The van der Waals surface area contributed by atoms with Crippen molar-refractivity contribution in [1.29, 1.82) is 0 Å². The van der Waals surface area contributed by atoms with Crippen molar-refractivity contribution < 1.29 is 0 Å². The standard InChI is InChI=1S/C14H22/c1-5-13(10-11(2)3)14-8-6-12(4)7-9-14/h6-9,11,13H,5,10H2,1-4H3. The number of hydrogen-bond donors (Lipinski definition) is 0. The topological polar surface area (TPSA) is 0 Å².